The first-order valence-corrected chi connectivity index (χ1v) is 10.7. The van der Waals surface area contributed by atoms with Gasteiger partial charge in [-0.15, -0.1) is 0 Å². The molecule has 0 saturated heterocycles. The van der Waals surface area contributed by atoms with Gasteiger partial charge in [0, 0.05) is 11.8 Å². The van der Waals surface area contributed by atoms with Gasteiger partial charge in [-0.3, -0.25) is 14.5 Å². The maximum atomic E-state index is 12.7. The lowest BCUT2D eigenvalue weighted by molar-refractivity contribution is 0.0939. The first-order valence-electron chi connectivity index (χ1n) is 9.19. The van der Waals surface area contributed by atoms with E-state index >= 15 is 0 Å². The fraction of sp³-hybridized carbons (Fsp3) is 0.182. The summed E-state index contributed by atoms with van der Waals surface area (Å²) >= 11 is 0. The Morgan fingerprint density at radius 2 is 1.69 bits per heavy atom. The molecule has 0 radical (unpaired) electrons. The Morgan fingerprint density at radius 3 is 2.34 bits per heavy atom. The Labute approximate surface area is 171 Å². The lowest BCUT2D eigenvalue weighted by Crippen LogP contribution is -2.27. The number of rotatable bonds is 6. The fourth-order valence-electron chi connectivity index (χ4n) is 2.84. The van der Waals surface area contributed by atoms with Gasteiger partial charge >= 0.3 is 0 Å². The maximum Gasteiger partial charge on any atom is 0.261 e. The highest BCUT2D eigenvalue weighted by Crippen LogP contribution is 2.22. The molecule has 29 heavy (non-hydrogen) atoms. The molecule has 1 atom stereocenters. The molecule has 1 amide bonds. The second-order valence-corrected chi connectivity index (χ2v) is 8.51. The summed E-state index contributed by atoms with van der Waals surface area (Å²) in [5.41, 5.74) is 3.53. The molecule has 0 saturated carbocycles. The van der Waals surface area contributed by atoms with Crippen LogP contribution < -0.4 is 10.0 Å². The molecule has 3 rings (SSSR count). The zero-order valence-corrected chi connectivity index (χ0v) is 17.3. The Hall–Kier alpha value is -3.19. The van der Waals surface area contributed by atoms with Gasteiger partial charge < -0.3 is 5.32 Å². The van der Waals surface area contributed by atoms with Crippen LogP contribution in [0.5, 0.6) is 0 Å². The number of pyridine rings is 1. The van der Waals surface area contributed by atoms with Crippen LogP contribution in [0.4, 0.5) is 5.69 Å². The highest BCUT2D eigenvalue weighted by molar-refractivity contribution is 7.92. The molecule has 0 spiro atoms. The third-order valence-corrected chi connectivity index (χ3v) is 6.14. The van der Waals surface area contributed by atoms with E-state index < -0.39 is 10.0 Å². The van der Waals surface area contributed by atoms with Crippen LogP contribution in [-0.2, 0) is 10.0 Å². The first-order chi connectivity index (χ1) is 13.8. The summed E-state index contributed by atoms with van der Waals surface area (Å²) < 4.78 is 28.0. The molecule has 0 bridgehead atoms. The minimum atomic E-state index is -3.75. The van der Waals surface area contributed by atoms with Gasteiger partial charge in [0.2, 0.25) is 0 Å². The highest BCUT2D eigenvalue weighted by Gasteiger charge is 2.17. The maximum absolute atomic E-state index is 12.7. The number of nitrogens with zero attached hydrogens (tertiary/aromatic N) is 1. The molecular weight excluding hydrogens is 386 g/mol. The van der Waals surface area contributed by atoms with Crippen molar-refractivity contribution in [3.8, 4) is 0 Å². The Balaban J connectivity index is 1.73. The van der Waals surface area contributed by atoms with Crippen molar-refractivity contribution in [3.05, 3.63) is 89.2 Å². The first kappa shape index (κ1) is 20.5. The Kier molecular flexibility index (Phi) is 5.98. The molecule has 1 heterocycles. The normalized spacial score (nSPS) is 12.2. The smallest absolute Gasteiger partial charge is 0.261 e. The van der Waals surface area contributed by atoms with Crippen molar-refractivity contribution >= 4 is 21.6 Å². The largest absolute Gasteiger partial charge is 0.344 e. The van der Waals surface area contributed by atoms with Crippen LogP contribution in [0.3, 0.4) is 0 Å². The number of benzene rings is 2. The SMILES string of the molecule is Cc1cccc(NS(=O)(=O)c2ccc(C(=O)N[C@@H](C)c3ccccn3)cc2)c1C. The summed E-state index contributed by atoms with van der Waals surface area (Å²) in [6.45, 7) is 5.63. The Bertz CT molecular complexity index is 1110. The van der Waals surface area contributed by atoms with Crippen molar-refractivity contribution < 1.29 is 13.2 Å². The number of anilines is 1. The molecular formula is C22H23N3O3S. The van der Waals surface area contributed by atoms with Gasteiger partial charge in [0.1, 0.15) is 0 Å². The quantitative estimate of drug-likeness (QED) is 0.644. The van der Waals surface area contributed by atoms with E-state index in [9.17, 15) is 13.2 Å². The van der Waals surface area contributed by atoms with E-state index in [1.165, 1.54) is 24.3 Å². The third kappa shape index (κ3) is 4.81. The van der Waals surface area contributed by atoms with Crippen LogP contribution in [0, 0.1) is 13.8 Å². The standard InChI is InChI=1S/C22H23N3O3S/c1-15-7-6-9-20(16(15)2)25-29(27,28)19-12-10-18(11-13-19)22(26)24-17(3)21-8-4-5-14-23-21/h4-14,17,25H,1-3H3,(H,24,26)/t17-/m0/s1. The summed E-state index contributed by atoms with van der Waals surface area (Å²) in [7, 11) is -3.75. The molecule has 7 heteroatoms. The molecule has 1 aromatic heterocycles. The number of amides is 1. The van der Waals surface area contributed by atoms with E-state index in [1.807, 2.05) is 45.0 Å². The minimum absolute atomic E-state index is 0.0905. The van der Waals surface area contributed by atoms with Crippen molar-refractivity contribution in [2.45, 2.75) is 31.7 Å². The van der Waals surface area contributed by atoms with Gasteiger partial charge in [-0.2, -0.15) is 0 Å². The van der Waals surface area contributed by atoms with Gasteiger partial charge in [0.25, 0.3) is 15.9 Å². The van der Waals surface area contributed by atoms with E-state index in [0.29, 0.717) is 11.3 Å². The van der Waals surface area contributed by atoms with Crippen LogP contribution in [0.15, 0.2) is 71.8 Å². The minimum Gasteiger partial charge on any atom is -0.344 e. The second kappa shape index (κ2) is 8.45. The monoisotopic (exact) mass is 409 g/mol. The van der Waals surface area contributed by atoms with Crippen molar-refractivity contribution in [3.63, 3.8) is 0 Å². The molecule has 0 unspecified atom stereocenters. The number of aryl methyl sites for hydroxylation is 1. The number of hydrogen-bond donors (Lipinski definition) is 2. The highest BCUT2D eigenvalue weighted by atomic mass is 32.2. The zero-order valence-electron chi connectivity index (χ0n) is 16.5. The summed E-state index contributed by atoms with van der Waals surface area (Å²) in [6.07, 6.45) is 1.67. The Morgan fingerprint density at radius 1 is 0.966 bits per heavy atom. The average molecular weight is 410 g/mol. The van der Waals surface area contributed by atoms with Crippen LogP contribution in [0.25, 0.3) is 0 Å². The number of aromatic nitrogens is 1. The number of hydrogen-bond acceptors (Lipinski definition) is 4. The average Bonchev–Trinajstić information content (AvgIpc) is 2.72. The lowest BCUT2D eigenvalue weighted by Gasteiger charge is -2.14. The van der Waals surface area contributed by atoms with Crippen molar-refractivity contribution in [1.82, 2.24) is 10.3 Å². The van der Waals surface area contributed by atoms with Crippen LogP contribution in [-0.4, -0.2) is 19.3 Å². The van der Waals surface area contributed by atoms with E-state index in [0.717, 1.165) is 16.8 Å². The summed E-state index contributed by atoms with van der Waals surface area (Å²) in [5, 5.41) is 2.86. The topological polar surface area (TPSA) is 88.2 Å². The number of carbonyl (C=O) groups is 1. The van der Waals surface area contributed by atoms with Gasteiger partial charge in [0.15, 0.2) is 0 Å². The van der Waals surface area contributed by atoms with E-state index in [2.05, 4.69) is 15.0 Å². The molecule has 0 fully saturated rings. The summed E-state index contributed by atoms with van der Waals surface area (Å²) in [5.74, 6) is -0.297. The fourth-order valence-corrected chi connectivity index (χ4v) is 3.96. The van der Waals surface area contributed by atoms with Crippen LogP contribution in [0.1, 0.15) is 40.1 Å². The van der Waals surface area contributed by atoms with E-state index in [1.54, 1.807) is 18.3 Å². The molecule has 6 nitrogen and oxygen atoms in total. The van der Waals surface area contributed by atoms with Gasteiger partial charge in [-0.25, -0.2) is 8.42 Å². The molecule has 150 valence electrons. The summed E-state index contributed by atoms with van der Waals surface area (Å²) in [4.78, 5) is 16.8. The van der Waals surface area contributed by atoms with E-state index in [4.69, 9.17) is 0 Å². The number of nitrogens with one attached hydrogen (secondary N) is 2. The van der Waals surface area contributed by atoms with Gasteiger partial charge in [0.05, 0.1) is 22.3 Å². The van der Waals surface area contributed by atoms with Crippen molar-refractivity contribution in [2.24, 2.45) is 0 Å². The zero-order chi connectivity index (χ0) is 21.0. The second-order valence-electron chi connectivity index (χ2n) is 6.83. The summed E-state index contributed by atoms with van der Waals surface area (Å²) in [6, 6.07) is 16.5. The third-order valence-electron chi connectivity index (χ3n) is 4.75. The van der Waals surface area contributed by atoms with Crippen LogP contribution >= 0.6 is 0 Å². The van der Waals surface area contributed by atoms with Crippen molar-refractivity contribution in [1.29, 1.82) is 0 Å². The van der Waals surface area contributed by atoms with Crippen LogP contribution in [0.2, 0.25) is 0 Å². The number of sulfonamides is 1. The predicted molar refractivity (Wildman–Crippen MR) is 113 cm³/mol. The molecule has 0 aliphatic rings. The number of carbonyl (C=O) groups excluding carboxylic acids is 1. The lowest BCUT2D eigenvalue weighted by atomic mass is 10.1. The molecule has 2 N–H and O–H groups in total. The van der Waals surface area contributed by atoms with E-state index in [-0.39, 0.29) is 16.8 Å². The van der Waals surface area contributed by atoms with Gasteiger partial charge in [-0.1, -0.05) is 18.2 Å². The predicted octanol–water partition coefficient (Wildman–Crippen LogP) is 3.99. The molecule has 0 aliphatic carbocycles. The van der Waals surface area contributed by atoms with Gasteiger partial charge in [-0.05, 0) is 74.4 Å². The van der Waals surface area contributed by atoms with Crippen molar-refractivity contribution in [2.75, 3.05) is 4.72 Å². The molecule has 2 aromatic carbocycles. The molecule has 3 aromatic rings. The molecule has 0 aliphatic heterocycles.